The van der Waals surface area contributed by atoms with Crippen molar-refractivity contribution in [1.29, 1.82) is 0 Å². The Labute approximate surface area is 180 Å². The minimum atomic E-state index is -1.14. The van der Waals surface area contributed by atoms with Crippen molar-refractivity contribution in [1.82, 2.24) is 19.6 Å². The molecule has 160 valence electrons. The minimum absolute atomic E-state index is 0.0195. The van der Waals surface area contributed by atoms with Gasteiger partial charge < -0.3 is 14.9 Å². The van der Waals surface area contributed by atoms with Gasteiger partial charge in [-0.25, -0.2) is 0 Å². The molecule has 7 nitrogen and oxygen atoms in total. The third-order valence-electron chi connectivity index (χ3n) is 6.51. The number of hydrogen-bond donors (Lipinski definition) is 1. The second kappa shape index (κ2) is 7.20. The molecule has 2 aliphatic rings. The van der Waals surface area contributed by atoms with Gasteiger partial charge in [0.1, 0.15) is 5.60 Å². The highest BCUT2D eigenvalue weighted by atomic mass is 16.3. The number of aromatic nitrogens is 2. The summed E-state index contributed by atoms with van der Waals surface area (Å²) in [5, 5.41) is 15.4. The predicted molar refractivity (Wildman–Crippen MR) is 118 cm³/mol. The highest BCUT2D eigenvalue weighted by molar-refractivity contribution is 5.96. The first kappa shape index (κ1) is 19.8. The first-order valence-electron chi connectivity index (χ1n) is 10.7. The molecule has 2 fully saturated rings. The normalized spacial score (nSPS) is 17.8. The molecule has 7 heteroatoms. The molecule has 1 aromatic heterocycles. The van der Waals surface area contributed by atoms with Crippen molar-refractivity contribution >= 4 is 22.7 Å². The van der Waals surface area contributed by atoms with Crippen LogP contribution in [0.3, 0.4) is 0 Å². The average Bonchev–Trinajstić information content (AvgIpc) is 3.44. The van der Waals surface area contributed by atoms with E-state index in [0.717, 1.165) is 27.6 Å². The summed E-state index contributed by atoms with van der Waals surface area (Å²) in [6.07, 6.45) is 2.94. The van der Waals surface area contributed by atoms with Crippen molar-refractivity contribution in [3.63, 3.8) is 0 Å². The highest BCUT2D eigenvalue weighted by Crippen LogP contribution is 2.37. The number of carbonyl (C=O) groups is 2. The Morgan fingerprint density at radius 2 is 1.71 bits per heavy atom. The van der Waals surface area contributed by atoms with Crippen LogP contribution >= 0.6 is 0 Å². The maximum atomic E-state index is 13.0. The third-order valence-corrected chi connectivity index (χ3v) is 6.51. The summed E-state index contributed by atoms with van der Waals surface area (Å²) in [7, 11) is 1.93. The van der Waals surface area contributed by atoms with Crippen LogP contribution in [0.25, 0.3) is 22.0 Å². The van der Waals surface area contributed by atoms with Gasteiger partial charge in [0.25, 0.3) is 11.8 Å². The second-order valence-corrected chi connectivity index (χ2v) is 8.69. The molecule has 0 unspecified atom stereocenters. The zero-order chi connectivity index (χ0) is 21.8. The van der Waals surface area contributed by atoms with Gasteiger partial charge in [-0.05, 0) is 54.7 Å². The van der Waals surface area contributed by atoms with Crippen molar-refractivity contribution in [2.75, 3.05) is 26.2 Å². The van der Waals surface area contributed by atoms with Crippen molar-refractivity contribution in [3.05, 3.63) is 53.7 Å². The van der Waals surface area contributed by atoms with Gasteiger partial charge in [-0.3, -0.25) is 14.3 Å². The number of aryl methyl sites for hydroxylation is 2. The summed E-state index contributed by atoms with van der Waals surface area (Å²) in [5.41, 5.74) is 3.81. The topological polar surface area (TPSA) is 78.7 Å². The van der Waals surface area contributed by atoms with E-state index in [1.165, 1.54) is 0 Å². The fourth-order valence-corrected chi connectivity index (χ4v) is 4.35. The molecule has 2 amide bonds. The van der Waals surface area contributed by atoms with E-state index in [1.54, 1.807) is 9.80 Å². The molecule has 2 aromatic carbocycles. The average molecular weight is 418 g/mol. The van der Waals surface area contributed by atoms with E-state index in [0.29, 0.717) is 44.6 Å². The number of carbonyl (C=O) groups excluding carboxylic acids is 2. The van der Waals surface area contributed by atoms with Crippen molar-refractivity contribution < 1.29 is 14.7 Å². The molecule has 5 rings (SSSR count). The fourth-order valence-electron chi connectivity index (χ4n) is 4.35. The molecule has 1 aliphatic carbocycles. The second-order valence-electron chi connectivity index (χ2n) is 8.69. The summed E-state index contributed by atoms with van der Waals surface area (Å²) in [5.74, 6) is -0.209. The molecule has 2 heterocycles. The zero-order valence-corrected chi connectivity index (χ0v) is 17.8. The Bertz CT molecular complexity index is 1190. The van der Waals surface area contributed by atoms with E-state index >= 15 is 0 Å². The molecule has 1 saturated carbocycles. The fraction of sp³-hybridized carbons (Fsp3) is 0.375. The molecule has 1 saturated heterocycles. The van der Waals surface area contributed by atoms with Gasteiger partial charge in [0, 0.05) is 44.2 Å². The van der Waals surface area contributed by atoms with Crippen molar-refractivity contribution in [2.24, 2.45) is 7.05 Å². The number of aliphatic hydroxyl groups is 1. The first-order valence-corrected chi connectivity index (χ1v) is 10.7. The van der Waals surface area contributed by atoms with Crippen LogP contribution in [0.15, 0.2) is 42.6 Å². The number of piperazine rings is 1. The van der Waals surface area contributed by atoms with Crippen molar-refractivity contribution in [3.8, 4) is 11.1 Å². The third kappa shape index (κ3) is 3.49. The largest absolute Gasteiger partial charge is 0.380 e. The molecule has 0 bridgehead atoms. The molecule has 1 aliphatic heterocycles. The maximum absolute atomic E-state index is 13.0. The van der Waals surface area contributed by atoms with E-state index in [1.807, 2.05) is 43.0 Å². The number of amides is 2. The number of rotatable bonds is 3. The molecular weight excluding hydrogens is 392 g/mol. The Balaban J connectivity index is 1.31. The summed E-state index contributed by atoms with van der Waals surface area (Å²) in [6, 6.07) is 12.1. The lowest BCUT2D eigenvalue weighted by molar-refractivity contribution is -0.143. The molecule has 0 spiro atoms. The number of nitrogens with zero attached hydrogens (tertiary/aromatic N) is 4. The van der Waals surface area contributed by atoms with E-state index in [2.05, 4.69) is 23.3 Å². The standard InChI is InChI=1S/C24H26N4O3/c1-16-13-18(5-6-20(16)17-3-4-19-15-25-26(2)21(19)14-17)22(29)27-9-11-28(12-10-27)23(30)24(31)7-8-24/h3-6,13-15,31H,7-12H2,1-2H3. The summed E-state index contributed by atoms with van der Waals surface area (Å²) in [6.45, 7) is 3.92. The summed E-state index contributed by atoms with van der Waals surface area (Å²) >= 11 is 0. The van der Waals surface area contributed by atoms with E-state index < -0.39 is 5.60 Å². The van der Waals surface area contributed by atoms with Gasteiger partial charge in [-0.1, -0.05) is 18.2 Å². The first-order chi connectivity index (χ1) is 14.9. The van der Waals surface area contributed by atoms with Gasteiger partial charge in [0.2, 0.25) is 0 Å². The van der Waals surface area contributed by atoms with Crippen LogP contribution in [-0.2, 0) is 11.8 Å². The predicted octanol–water partition coefficient (Wildman–Crippen LogP) is 2.36. The van der Waals surface area contributed by atoms with Gasteiger partial charge in [-0.15, -0.1) is 0 Å². The molecule has 3 aromatic rings. The minimum Gasteiger partial charge on any atom is -0.380 e. The molecule has 0 atom stereocenters. The van der Waals surface area contributed by atoms with Crippen LogP contribution in [0.4, 0.5) is 0 Å². The van der Waals surface area contributed by atoms with Gasteiger partial charge in [-0.2, -0.15) is 5.10 Å². The Kier molecular flexibility index (Phi) is 4.59. The van der Waals surface area contributed by atoms with Crippen LogP contribution in [0, 0.1) is 6.92 Å². The highest BCUT2D eigenvalue weighted by Gasteiger charge is 2.50. The monoisotopic (exact) mass is 418 g/mol. The lowest BCUT2D eigenvalue weighted by Gasteiger charge is -2.35. The lowest BCUT2D eigenvalue weighted by atomic mass is 9.97. The van der Waals surface area contributed by atoms with E-state index in [-0.39, 0.29) is 11.8 Å². The molecule has 31 heavy (non-hydrogen) atoms. The quantitative estimate of drug-likeness (QED) is 0.708. The number of hydrogen-bond acceptors (Lipinski definition) is 4. The van der Waals surface area contributed by atoms with E-state index in [9.17, 15) is 14.7 Å². The Hall–Kier alpha value is -3.19. The Morgan fingerprint density at radius 3 is 2.39 bits per heavy atom. The van der Waals surface area contributed by atoms with Crippen LogP contribution < -0.4 is 0 Å². The van der Waals surface area contributed by atoms with E-state index in [4.69, 9.17) is 0 Å². The SMILES string of the molecule is Cc1cc(C(=O)N2CCN(C(=O)C3(O)CC3)CC2)ccc1-c1ccc2cnn(C)c2c1. The zero-order valence-electron chi connectivity index (χ0n) is 17.8. The molecule has 0 radical (unpaired) electrons. The number of benzene rings is 2. The summed E-state index contributed by atoms with van der Waals surface area (Å²) < 4.78 is 1.86. The van der Waals surface area contributed by atoms with Crippen LogP contribution in [-0.4, -0.2) is 68.3 Å². The lowest BCUT2D eigenvalue weighted by Crippen LogP contribution is -2.53. The Morgan fingerprint density at radius 1 is 1.00 bits per heavy atom. The van der Waals surface area contributed by atoms with Crippen LogP contribution in [0.2, 0.25) is 0 Å². The van der Waals surface area contributed by atoms with Gasteiger partial charge in [0.15, 0.2) is 0 Å². The van der Waals surface area contributed by atoms with Crippen LogP contribution in [0.5, 0.6) is 0 Å². The van der Waals surface area contributed by atoms with Gasteiger partial charge in [0.05, 0.1) is 11.7 Å². The van der Waals surface area contributed by atoms with Crippen molar-refractivity contribution in [2.45, 2.75) is 25.4 Å². The van der Waals surface area contributed by atoms with Gasteiger partial charge >= 0.3 is 0 Å². The molecular formula is C24H26N4O3. The molecule has 1 N–H and O–H groups in total. The number of fused-ring (bicyclic) bond motifs is 1. The summed E-state index contributed by atoms with van der Waals surface area (Å²) in [4.78, 5) is 28.8. The smallest absolute Gasteiger partial charge is 0.254 e. The maximum Gasteiger partial charge on any atom is 0.254 e. The van der Waals surface area contributed by atoms with Crippen LogP contribution in [0.1, 0.15) is 28.8 Å².